The average molecular weight is 414 g/mol. The zero-order valence-electron chi connectivity index (χ0n) is 16.7. The van der Waals surface area contributed by atoms with Gasteiger partial charge in [-0.3, -0.25) is 9.36 Å². The Morgan fingerprint density at radius 2 is 1.81 bits per heavy atom. The van der Waals surface area contributed by atoms with Crippen LogP contribution >= 0.6 is 0 Å². The van der Waals surface area contributed by atoms with Crippen molar-refractivity contribution in [1.82, 2.24) is 9.55 Å². The van der Waals surface area contributed by atoms with Crippen molar-refractivity contribution < 1.29 is 13.9 Å². The third-order valence-electron chi connectivity index (χ3n) is 4.80. The molecule has 0 aliphatic rings. The maximum absolute atomic E-state index is 13.2. The third-order valence-corrected chi connectivity index (χ3v) is 4.80. The molecule has 0 saturated carbocycles. The summed E-state index contributed by atoms with van der Waals surface area (Å²) in [6.45, 7) is 0. The van der Waals surface area contributed by atoms with E-state index in [1.54, 1.807) is 55.8 Å². The lowest BCUT2D eigenvalue weighted by atomic mass is 10.1. The van der Waals surface area contributed by atoms with E-state index in [0.717, 1.165) is 5.56 Å². The molecule has 0 aliphatic carbocycles. The highest BCUT2D eigenvalue weighted by molar-refractivity contribution is 6.07. The molecule has 6 heteroatoms. The Kier molecular flexibility index (Phi) is 5.62. The summed E-state index contributed by atoms with van der Waals surface area (Å²) in [4.78, 5) is 27.9. The number of methoxy groups -OCH3 is 1. The zero-order valence-corrected chi connectivity index (χ0v) is 16.7. The largest absolute Gasteiger partial charge is 0.497 e. The molecule has 0 atom stereocenters. The number of halogens is 1. The number of carbonyl (C=O) groups is 1. The summed E-state index contributed by atoms with van der Waals surface area (Å²) in [6, 6.07) is 20.0. The summed E-state index contributed by atoms with van der Waals surface area (Å²) in [7, 11) is 1.59. The van der Waals surface area contributed by atoms with E-state index in [2.05, 4.69) is 4.98 Å². The zero-order chi connectivity index (χ0) is 21.8. The fourth-order valence-electron chi connectivity index (χ4n) is 3.19. The Morgan fingerprint density at radius 1 is 1.03 bits per heavy atom. The molecule has 1 N–H and O–H groups in total. The van der Waals surface area contributed by atoms with E-state index in [9.17, 15) is 14.0 Å². The lowest BCUT2D eigenvalue weighted by Crippen LogP contribution is -2.14. The van der Waals surface area contributed by atoms with Crippen LogP contribution in [0.2, 0.25) is 0 Å². The van der Waals surface area contributed by atoms with Gasteiger partial charge in [-0.1, -0.05) is 30.3 Å². The van der Waals surface area contributed by atoms with Crippen molar-refractivity contribution in [3.63, 3.8) is 0 Å². The van der Waals surface area contributed by atoms with Gasteiger partial charge in [0, 0.05) is 11.8 Å². The topological polar surface area (TPSA) is 64.1 Å². The number of aromatic amines is 1. The normalized spacial score (nSPS) is 11.0. The second kappa shape index (κ2) is 8.67. The van der Waals surface area contributed by atoms with Gasteiger partial charge in [-0.2, -0.15) is 0 Å². The minimum atomic E-state index is -0.351. The lowest BCUT2D eigenvalue weighted by Gasteiger charge is -2.03. The van der Waals surface area contributed by atoms with Crippen molar-refractivity contribution in [2.24, 2.45) is 0 Å². The molecule has 31 heavy (non-hydrogen) atoms. The Hall–Kier alpha value is -4.19. The molecule has 0 spiro atoms. The maximum Gasteiger partial charge on any atom is 0.330 e. The highest BCUT2D eigenvalue weighted by Gasteiger charge is 2.10. The number of hydrogen-bond donors (Lipinski definition) is 1. The molecule has 1 aromatic heterocycles. The second-order valence-electron chi connectivity index (χ2n) is 6.87. The van der Waals surface area contributed by atoms with E-state index in [4.69, 9.17) is 4.74 Å². The highest BCUT2D eigenvalue weighted by atomic mass is 19.1. The number of rotatable bonds is 6. The van der Waals surface area contributed by atoms with E-state index in [1.807, 2.05) is 24.3 Å². The standard InChI is InChI=1S/C25H19FN2O3/c1-31-22-7-2-4-17(14-22)8-13-24(29)19-5-3-6-21(15-19)28-16-23(27-25(28)30)18-9-11-20(26)12-10-18/h2-16H,1H3,(H,27,30)/b13-8+. The van der Waals surface area contributed by atoms with Crippen molar-refractivity contribution in [2.45, 2.75) is 0 Å². The van der Waals surface area contributed by atoms with E-state index < -0.39 is 0 Å². The SMILES string of the molecule is COc1cccc(/C=C/C(=O)c2cccc(-n3cc(-c4ccc(F)cc4)[nH]c3=O)c2)c1. The maximum atomic E-state index is 13.2. The second-order valence-corrected chi connectivity index (χ2v) is 6.87. The van der Waals surface area contributed by atoms with Crippen LogP contribution in [0.25, 0.3) is 23.0 Å². The van der Waals surface area contributed by atoms with Crippen LogP contribution in [-0.2, 0) is 0 Å². The molecular formula is C25H19FN2O3. The van der Waals surface area contributed by atoms with E-state index >= 15 is 0 Å². The summed E-state index contributed by atoms with van der Waals surface area (Å²) in [6.07, 6.45) is 4.83. The van der Waals surface area contributed by atoms with Crippen LogP contribution in [0.3, 0.4) is 0 Å². The Labute approximate surface area is 178 Å². The van der Waals surface area contributed by atoms with Crippen LogP contribution in [0.5, 0.6) is 5.75 Å². The summed E-state index contributed by atoms with van der Waals surface area (Å²) < 4.78 is 19.8. The van der Waals surface area contributed by atoms with Gasteiger partial charge >= 0.3 is 5.69 Å². The first-order valence-electron chi connectivity index (χ1n) is 9.58. The van der Waals surface area contributed by atoms with Gasteiger partial charge in [0.25, 0.3) is 0 Å². The van der Waals surface area contributed by atoms with Crippen LogP contribution in [-0.4, -0.2) is 22.4 Å². The first kappa shape index (κ1) is 20.1. The predicted octanol–water partition coefficient (Wildman–Crippen LogP) is 4.88. The predicted molar refractivity (Wildman–Crippen MR) is 118 cm³/mol. The average Bonchev–Trinajstić information content (AvgIpc) is 3.19. The summed E-state index contributed by atoms with van der Waals surface area (Å²) in [5.41, 5.74) is 2.74. The molecule has 3 aromatic carbocycles. The minimum absolute atomic E-state index is 0.188. The minimum Gasteiger partial charge on any atom is -0.497 e. The van der Waals surface area contributed by atoms with Crippen molar-refractivity contribution >= 4 is 11.9 Å². The van der Waals surface area contributed by atoms with Crippen LogP contribution in [0, 0.1) is 5.82 Å². The Bertz CT molecular complexity index is 1320. The number of ether oxygens (including phenoxy) is 1. The van der Waals surface area contributed by atoms with Gasteiger partial charge in [-0.15, -0.1) is 0 Å². The first-order valence-corrected chi connectivity index (χ1v) is 9.58. The van der Waals surface area contributed by atoms with Gasteiger partial charge < -0.3 is 9.72 Å². The number of hydrogen-bond acceptors (Lipinski definition) is 3. The van der Waals surface area contributed by atoms with Gasteiger partial charge in [0.2, 0.25) is 0 Å². The Morgan fingerprint density at radius 3 is 2.58 bits per heavy atom. The van der Waals surface area contributed by atoms with E-state index in [-0.39, 0.29) is 17.3 Å². The van der Waals surface area contributed by atoms with Crippen molar-refractivity contribution in [3.05, 3.63) is 112 Å². The van der Waals surface area contributed by atoms with Crippen LogP contribution in [0.1, 0.15) is 15.9 Å². The molecule has 4 aromatic rings. The molecule has 0 amide bonds. The van der Waals surface area contributed by atoms with Gasteiger partial charge in [0.1, 0.15) is 11.6 Å². The Balaban J connectivity index is 1.60. The van der Waals surface area contributed by atoms with Gasteiger partial charge in [0.05, 0.1) is 18.5 Å². The lowest BCUT2D eigenvalue weighted by molar-refractivity contribution is 0.104. The molecular weight excluding hydrogens is 395 g/mol. The molecule has 0 aliphatic heterocycles. The molecule has 0 radical (unpaired) electrons. The van der Waals surface area contributed by atoms with E-state index in [0.29, 0.717) is 28.3 Å². The molecule has 0 bridgehead atoms. The summed E-state index contributed by atoms with van der Waals surface area (Å²) in [5, 5.41) is 0. The van der Waals surface area contributed by atoms with E-state index in [1.165, 1.54) is 22.8 Å². The monoisotopic (exact) mass is 414 g/mol. The summed E-state index contributed by atoms with van der Waals surface area (Å²) >= 11 is 0. The van der Waals surface area contributed by atoms with Gasteiger partial charge in [-0.05, 0) is 65.7 Å². The smallest absolute Gasteiger partial charge is 0.330 e. The number of nitrogens with one attached hydrogen (secondary N) is 1. The number of H-pyrrole nitrogens is 1. The fraction of sp³-hybridized carbons (Fsp3) is 0.0400. The third kappa shape index (κ3) is 4.53. The first-order chi connectivity index (χ1) is 15.0. The van der Waals surface area contributed by atoms with Gasteiger partial charge in [-0.25, -0.2) is 9.18 Å². The number of aromatic nitrogens is 2. The van der Waals surface area contributed by atoms with Crippen LogP contribution in [0.15, 0.2) is 89.9 Å². The summed E-state index contributed by atoms with van der Waals surface area (Å²) in [5.74, 6) is 0.172. The molecule has 1 heterocycles. The number of nitrogens with zero attached hydrogens (tertiary/aromatic N) is 1. The van der Waals surface area contributed by atoms with Crippen LogP contribution in [0.4, 0.5) is 4.39 Å². The fourth-order valence-corrected chi connectivity index (χ4v) is 3.19. The number of ketones is 1. The quantitative estimate of drug-likeness (QED) is 0.361. The number of allylic oxidation sites excluding steroid dienone is 1. The van der Waals surface area contributed by atoms with Crippen molar-refractivity contribution in [3.8, 4) is 22.7 Å². The van der Waals surface area contributed by atoms with Gasteiger partial charge in [0.15, 0.2) is 5.78 Å². The number of carbonyl (C=O) groups excluding carboxylic acids is 1. The number of benzene rings is 3. The van der Waals surface area contributed by atoms with Crippen molar-refractivity contribution in [1.29, 1.82) is 0 Å². The molecule has 4 rings (SSSR count). The number of imidazole rings is 1. The van der Waals surface area contributed by atoms with Crippen molar-refractivity contribution in [2.75, 3.05) is 7.11 Å². The molecule has 154 valence electrons. The molecule has 0 saturated heterocycles. The molecule has 0 unspecified atom stereocenters. The molecule has 0 fully saturated rings. The van der Waals surface area contributed by atoms with Crippen LogP contribution < -0.4 is 10.4 Å². The highest BCUT2D eigenvalue weighted by Crippen LogP contribution is 2.19. The molecule has 5 nitrogen and oxygen atoms in total.